The number of hydrogen-bond acceptors (Lipinski definition) is 4. The lowest BCUT2D eigenvalue weighted by molar-refractivity contribution is 0.0322. The summed E-state index contributed by atoms with van der Waals surface area (Å²) in [5.74, 6) is 0.881. The molecule has 0 radical (unpaired) electrons. The molecule has 1 aromatic rings. The Labute approximate surface area is 126 Å². The summed E-state index contributed by atoms with van der Waals surface area (Å²) >= 11 is 6.25. The Morgan fingerprint density at radius 2 is 2.15 bits per heavy atom. The number of ether oxygens (including phenoxy) is 2. The largest absolute Gasteiger partial charge is 0.492 e. The van der Waals surface area contributed by atoms with Crippen LogP contribution >= 0.6 is 11.6 Å². The zero-order valence-corrected chi connectivity index (χ0v) is 12.8. The summed E-state index contributed by atoms with van der Waals surface area (Å²) in [5.41, 5.74) is 1.04. The Bertz CT molecular complexity index is 409. The maximum absolute atomic E-state index is 6.25. The van der Waals surface area contributed by atoms with Gasteiger partial charge in [-0.3, -0.25) is 4.90 Å². The number of nitrogens with one attached hydrogen (secondary N) is 1. The van der Waals surface area contributed by atoms with E-state index in [9.17, 15) is 0 Å². The molecular weight excluding hydrogens is 276 g/mol. The molecule has 20 heavy (non-hydrogen) atoms. The van der Waals surface area contributed by atoms with Crippen LogP contribution in [0.3, 0.4) is 0 Å². The third-order valence-electron chi connectivity index (χ3n) is 3.40. The van der Waals surface area contributed by atoms with Crippen molar-refractivity contribution in [1.82, 2.24) is 10.2 Å². The smallest absolute Gasteiger partial charge is 0.125 e. The van der Waals surface area contributed by atoms with Gasteiger partial charge in [-0.25, -0.2) is 0 Å². The first-order valence-electron chi connectivity index (χ1n) is 7.22. The molecule has 1 aromatic carbocycles. The predicted octanol–water partition coefficient (Wildman–Crippen LogP) is 2.16. The van der Waals surface area contributed by atoms with E-state index in [1.807, 2.05) is 18.2 Å². The Morgan fingerprint density at radius 1 is 1.35 bits per heavy atom. The number of benzene rings is 1. The van der Waals surface area contributed by atoms with Gasteiger partial charge in [-0.05, 0) is 18.7 Å². The van der Waals surface area contributed by atoms with Crippen LogP contribution in [0, 0.1) is 0 Å². The fourth-order valence-corrected chi connectivity index (χ4v) is 2.44. The third kappa shape index (κ3) is 4.63. The lowest BCUT2D eigenvalue weighted by Crippen LogP contribution is -2.38. The third-order valence-corrected chi connectivity index (χ3v) is 3.75. The molecule has 1 aliphatic heterocycles. The van der Waals surface area contributed by atoms with Crippen LogP contribution in [-0.2, 0) is 11.3 Å². The van der Waals surface area contributed by atoms with Gasteiger partial charge < -0.3 is 14.8 Å². The minimum Gasteiger partial charge on any atom is -0.492 e. The van der Waals surface area contributed by atoms with E-state index >= 15 is 0 Å². The highest BCUT2D eigenvalue weighted by molar-refractivity contribution is 6.31. The number of hydrogen-bond donors (Lipinski definition) is 1. The van der Waals surface area contributed by atoms with Crippen LogP contribution in [0.1, 0.15) is 12.5 Å². The van der Waals surface area contributed by atoms with Crippen LogP contribution in [0.15, 0.2) is 18.2 Å². The summed E-state index contributed by atoms with van der Waals surface area (Å²) in [4.78, 5) is 2.36. The lowest BCUT2D eigenvalue weighted by atomic mass is 10.2. The van der Waals surface area contributed by atoms with Crippen LogP contribution < -0.4 is 10.1 Å². The Hall–Kier alpha value is -0.810. The highest BCUT2D eigenvalue weighted by atomic mass is 35.5. The second kappa shape index (κ2) is 8.47. The normalized spacial score (nSPS) is 16.3. The van der Waals surface area contributed by atoms with Gasteiger partial charge in [0, 0.05) is 36.8 Å². The van der Waals surface area contributed by atoms with Crippen molar-refractivity contribution in [2.75, 3.05) is 46.0 Å². The Kier molecular flexibility index (Phi) is 6.60. The molecule has 0 aromatic heterocycles. The standard InChI is InChI=1S/C15H23ClN2O2/c1-2-17-12-13-14(16)4-3-5-15(13)20-11-8-18-6-9-19-10-7-18/h3-5,17H,2,6-12H2,1H3. The average molecular weight is 299 g/mol. The van der Waals surface area contributed by atoms with Crippen molar-refractivity contribution < 1.29 is 9.47 Å². The summed E-state index contributed by atoms with van der Waals surface area (Å²) in [5, 5.41) is 4.05. The van der Waals surface area contributed by atoms with E-state index in [1.54, 1.807) is 0 Å². The van der Waals surface area contributed by atoms with E-state index in [0.717, 1.165) is 62.3 Å². The summed E-state index contributed by atoms with van der Waals surface area (Å²) < 4.78 is 11.2. The summed E-state index contributed by atoms with van der Waals surface area (Å²) in [7, 11) is 0. The zero-order valence-electron chi connectivity index (χ0n) is 12.0. The van der Waals surface area contributed by atoms with E-state index in [4.69, 9.17) is 21.1 Å². The second-order valence-corrected chi connectivity index (χ2v) is 5.21. The first-order valence-corrected chi connectivity index (χ1v) is 7.60. The number of nitrogens with zero attached hydrogens (tertiary/aromatic N) is 1. The van der Waals surface area contributed by atoms with Gasteiger partial charge in [0.25, 0.3) is 0 Å². The SMILES string of the molecule is CCNCc1c(Cl)cccc1OCCN1CCOCC1. The maximum atomic E-state index is 6.25. The Balaban J connectivity index is 1.86. The van der Waals surface area contributed by atoms with Crippen molar-refractivity contribution in [2.45, 2.75) is 13.5 Å². The topological polar surface area (TPSA) is 33.7 Å². The van der Waals surface area contributed by atoms with Gasteiger partial charge in [0.1, 0.15) is 12.4 Å². The van der Waals surface area contributed by atoms with Crippen LogP contribution in [-0.4, -0.2) is 50.9 Å². The van der Waals surface area contributed by atoms with Crippen molar-refractivity contribution in [3.63, 3.8) is 0 Å². The average Bonchev–Trinajstić information content (AvgIpc) is 2.48. The molecule has 0 saturated carbocycles. The van der Waals surface area contributed by atoms with Crippen molar-refractivity contribution in [3.05, 3.63) is 28.8 Å². The minimum absolute atomic E-state index is 0.680. The fraction of sp³-hybridized carbons (Fsp3) is 0.600. The second-order valence-electron chi connectivity index (χ2n) is 4.80. The molecule has 0 atom stereocenters. The van der Waals surface area contributed by atoms with E-state index in [2.05, 4.69) is 17.1 Å². The van der Waals surface area contributed by atoms with Crippen LogP contribution in [0.25, 0.3) is 0 Å². The predicted molar refractivity (Wildman–Crippen MR) is 81.6 cm³/mol. The van der Waals surface area contributed by atoms with Gasteiger partial charge >= 0.3 is 0 Å². The Morgan fingerprint density at radius 3 is 2.90 bits per heavy atom. The first-order chi connectivity index (χ1) is 9.81. The van der Waals surface area contributed by atoms with Crippen molar-refractivity contribution >= 4 is 11.6 Å². The molecule has 1 N–H and O–H groups in total. The lowest BCUT2D eigenvalue weighted by Gasteiger charge is -2.26. The highest BCUT2D eigenvalue weighted by Gasteiger charge is 2.11. The molecular formula is C15H23ClN2O2. The molecule has 1 aliphatic rings. The van der Waals surface area contributed by atoms with Crippen molar-refractivity contribution in [3.8, 4) is 5.75 Å². The molecule has 4 nitrogen and oxygen atoms in total. The summed E-state index contributed by atoms with van der Waals surface area (Å²) in [6.45, 7) is 8.96. The molecule has 1 fully saturated rings. The molecule has 1 saturated heterocycles. The van der Waals surface area contributed by atoms with Gasteiger partial charge in [-0.15, -0.1) is 0 Å². The number of morpholine rings is 1. The van der Waals surface area contributed by atoms with E-state index in [1.165, 1.54) is 0 Å². The molecule has 5 heteroatoms. The fourth-order valence-electron chi connectivity index (χ4n) is 2.21. The number of halogens is 1. The molecule has 2 rings (SSSR count). The first kappa shape index (κ1) is 15.6. The molecule has 0 spiro atoms. The van der Waals surface area contributed by atoms with Gasteiger partial charge in [-0.2, -0.15) is 0 Å². The molecule has 0 aliphatic carbocycles. The van der Waals surface area contributed by atoms with Crippen molar-refractivity contribution in [1.29, 1.82) is 0 Å². The van der Waals surface area contributed by atoms with Crippen LogP contribution in [0.5, 0.6) is 5.75 Å². The van der Waals surface area contributed by atoms with Crippen LogP contribution in [0.4, 0.5) is 0 Å². The number of rotatable bonds is 7. The highest BCUT2D eigenvalue weighted by Crippen LogP contribution is 2.26. The minimum atomic E-state index is 0.680. The van der Waals surface area contributed by atoms with Gasteiger partial charge in [0.05, 0.1) is 13.2 Å². The van der Waals surface area contributed by atoms with E-state index in [-0.39, 0.29) is 0 Å². The summed E-state index contributed by atoms with van der Waals surface area (Å²) in [6, 6.07) is 5.82. The molecule has 0 bridgehead atoms. The van der Waals surface area contributed by atoms with E-state index in [0.29, 0.717) is 6.61 Å². The van der Waals surface area contributed by atoms with Gasteiger partial charge in [0.2, 0.25) is 0 Å². The van der Waals surface area contributed by atoms with Gasteiger partial charge in [-0.1, -0.05) is 24.6 Å². The molecule has 0 amide bonds. The monoisotopic (exact) mass is 298 g/mol. The zero-order chi connectivity index (χ0) is 14.2. The van der Waals surface area contributed by atoms with Gasteiger partial charge in [0.15, 0.2) is 0 Å². The maximum Gasteiger partial charge on any atom is 0.125 e. The molecule has 112 valence electrons. The van der Waals surface area contributed by atoms with E-state index < -0.39 is 0 Å². The molecule has 0 unspecified atom stereocenters. The quantitative estimate of drug-likeness (QED) is 0.836. The van der Waals surface area contributed by atoms with Crippen molar-refractivity contribution in [2.24, 2.45) is 0 Å². The molecule has 1 heterocycles. The summed E-state index contributed by atoms with van der Waals surface area (Å²) in [6.07, 6.45) is 0. The van der Waals surface area contributed by atoms with Crippen LogP contribution in [0.2, 0.25) is 5.02 Å².